The second-order valence-electron chi connectivity index (χ2n) is 10.7. The van der Waals surface area contributed by atoms with Crippen molar-refractivity contribution >= 4 is 16.8 Å². The molecule has 2 aliphatic rings. The van der Waals surface area contributed by atoms with E-state index in [1.807, 2.05) is 0 Å². The molecule has 0 radical (unpaired) electrons. The van der Waals surface area contributed by atoms with Crippen LogP contribution in [0.5, 0.6) is 0 Å². The maximum absolute atomic E-state index is 13.5. The predicted molar refractivity (Wildman–Crippen MR) is 140 cm³/mol. The van der Waals surface area contributed by atoms with Gasteiger partial charge in [-0.1, -0.05) is 61.9 Å². The summed E-state index contributed by atoms with van der Waals surface area (Å²) in [7, 11) is 4.47. The molecule has 0 saturated heterocycles. The molecule has 4 nitrogen and oxygen atoms in total. The summed E-state index contributed by atoms with van der Waals surface area (Å²) in [4.78, 5) is 22.1. The third-order valence-electron chi connectivity index (χ3n) is 8.76. The molecule has 1 spiro atoms. The van der Waals surface area contributed by atoms with Crippen molar-refractivity contribution in [2.75, 3.05) is 20.6 Å². The van der Waals surface area contributed by atoms with E-state index in [0.717, 1.165) is 57.9 Å². The van der Waals surface area contributed by atoms with Crippen LogP contribution in [0.15, 0.2) is 54.6 Å². The highest BCUT2D eigenvalue weighted by Gasteiger charge is 2.52. The van der Waals surface area contributed by atoms with E-state index >= 15 is 0 Å². The highest BCUT2D eigenvalue weighted by Crippen LogP contribution is 2.51. The number of nitrogens with zero attached hydrogens (tertiary/aromatic N) is 2. The molecule has 1 aliphatic heterocycles. The van der Waals surface area contributed by atoms with Gasteiger partial charge in [-0.3, -0.25) is 4.79 Å². The summed E-state index contributed by atoms with van der Waals surface area (Å²) in [6.07, 6.45) is 8.89. The summed E-state index contributed by atoms with van der Waals surface area (Å²) in [5.74, 6) is 0.339. The molecule has 34 heavy (non-hydrogen) atoms. The molecule has 4 heteroatoms. The van der Waals surface area contributed by atoms with Crippen LogP contribution in [-0.4, -0.2) is 46.9 Å². The van der Waals surface area contributed by atoms with Crippen molar-refractivity contribution in [3.05, 3.63) is 71.4 Å². The largest absolute Gasteiger partial charge is 0.356 e. The smallest absolute Gasteiger partial charge is 0.223 e. The fraction of sp³-hybridized carbons (Fsp3) is 0.500. The summed E-state index contributed by atoms with van der Waals surface area (Å²) < 4.78 is 0. The van der Waals surface area contributed by atoms with Gasteiger partial charge in [0.05, 0.1) is 5.54 Å². The van der Waals surface area contributed by atoms with E-state index in [2.05, 4.69) is 90.4 Å². The zero-order chi connectivity index (χ0) is 23.8. The van der Waals surface area contributed by atoms with Gasteiger partial charge in [-0.15, -0.1) is 0 Å². The Hall–Kier alpha value is -2.59. The summed E-state index contributed by atoms with van der Waals surface area (Å²) in [5, 5.41) is 1.34. The van der Waals surface area contributed by atoms with Crippen molar-refractivity contribution in [1.29, 1.82) is 0 Å². The van der Waals surface area contributed by atoms with E-state index < -0.39 is 0 Å². The lowest BCUT2D eigenvalue weighted by atomic mass is 9.65. The first-order valence-electron chi connectivity index (χ1n) is 13.1. The Kier molecular flexibility index (Phi) is 6.28. The van der Waals surface area contributed by atoms with Gasteiger partial charge in [-0.2, -0.15) is 0 Å². The summed E-state index contributed by atoms with van der Waals surface area (Å²) in [5.41, 5.74) is 5.27. The van der Waals surface area contributed by atoms with Gasteiger partial charge in [0, 0.05) is 35.1 Å². The number of rotatable bonds is 6. The second-order valence-corrected chi connectivity index (χ2v) is 10.7. The van der Waals surface area contributed by atoms with Crippen LogP contribution in [0.2, 0.25) is 0 Å². The minimum Gasteiger partial charge on any atom is -0.356 e. The van der Waals surface area contributed by atoms with Gasteiger partial charge in [0.2, 0.25) is 5.91 Å². The molecule has 3 aromatic rings. The van der Waals surface area contributed by atoms with Crippen LogP contribution in [0.25, 0.3) is 10.9 Å². The monoisotopic (exact) mass is 457 g/mol. The average molecular weight is 458 g/mol. The van der Waals surface area contributed by atoms with E-state index in [0.29, 0.717) is 12.3 Å². The summed E-state index contributed by atoms with van der Waals surface area (Å²) in [6.45, 7) is 3.01. The maximum Gasteiger partial charge on any atom is 0.223 e. The molecule has 0 atom stereocenters. The van der Waals surface area contributed by atoms with Gasteiger partial charge in [-0.25, -0.2) is 0 Å². The number of carbonyl (C=O) groups excluding carboxylic acids is 1. The number of benzene rings is 2. The van der Waals surface area contributed by atoms with E-state index in [4.69, 9.17) is 0 Å². The lowest BCUT2D eigenvalue weighted by Gasteiger charge is -2.55. The Balaban J connectivity index is 1.53. The zero-order valence-corrected chi connectivity index (χ0v) is 21.1. The molecule has 2 heterocycles. The number of carbonyl (C=O) groups is 1. The number of hydrogen-bond donors (Lipinski definition) is 1. The van der Waals surface area contributed by atoms with Crippen molar-refractivity contribution < 1.29 is 4.79 Å². The molecule has 1 saturated carbocycles. The molecule has 1 amide bonds. The second kappa shape index (κ2) is 9.22. The van der Waals surface area contributed by atoms with Gasteiger partial charge in [0.25, 0.3) is 0 Å². The Labute approximate surface area is 204 Å². The van der Waals surface area contributed by atoms with Crippen molar-refractivity contribution in [3.63, 3.8) is 0 Å². The fourth-order valence-corrected chi connectivity index (χ4v) is 6.66. The quantitative estimate of drug-likeness (QED) is 0.489. The Morgan fingerprint density at radius 3 is 2.41 bits per heavy atom. The van der Waals surface area contributed by atoms with Crippen molar-refractivity contribution in [2.24, 2.45) is 0 Å². The maximum atomic E-state index is 13.5. The van der Waals surface area contributed by atoms with Crippen molar-refractivity contribution in [3.8, 4) is 0 Å². The number of nitrogens with one attached hydrogen (secondary N) is 1. The van der Waals surface area contributed by atoms with Gasteiger partial charge < -0.3 is 14.8 Å². The van der Waals surface area contributed by atoms with Crippen molar-refractivity contribution in [2.45, 2.75) is 75.8 Å². The first kappa shape index (κ1) is 23.2. The fourth-order valence-electron chi connectivity index (χ4n) is 6.66. The molecular formula is C30H39N3O. The van der Waals surface area contributed by atoms with Gasteiger partial charge in [0.15, 0.2) is 0 Å². The molecule has 1 aromatic heterocycles. The van der Waals surface area contributed by atoms with Crippen molar-refractivity contribution in [1.82, 2.24) is 14.8 Å². The van der Waals surface area contributed by atoms with Crippen LogP contribution in [0.1, 0.15) is 68.7 Å². The van der Waals surface area contributed by atoms with Gasteiger partial charge in [0.1, 0.15) is 0 Å². The van der Waals surface area contributed by atoms with Crippen LogP contribution < -0.4 is 0 Å². The number of fused-ring (bicyclic) bond motifs is 4. The highest BCUT2D eigenvalue weighted by atomic mass is 16.2. The molecule has 1 fully saturated rings. The Morgan fingerprint density at radius 2 is 1.71 bits per heavy atom. The number of unbranched alkanes of at least 4 members (excludes halogenated alkanes) is 1. The van der Waals surface area contributed by atoms with Crippen LogP contribution in [0, 0.1) is 0 Å². The molecule has 180 valence electrons. The summed E-state index contributed by atoms with van der Waals surface area (Å²) in [6, 6.07) is 19.6. The van der Waals surface area contributed by atoms with Crippen LogP contribution >= 0.6 is 0 Å². The van der Waals surface area contributed by atoms with E-state index in [-0.39, 0.29) is 11.1 Å². The number of hydrogen-bond acceptors (Lipinski definition) is 2. The molecule has 5 rings (SSSR count). The molecule has 2 aromatic carbocycles. The number of aromatic nitrogens is 1. The van der Waals surface area contributed by atoms with E-state index in [1.54, 1.807) is 0 Å². The normalized spacial score (nSPS) is 24.6. The number of amides is 1. The minimum absolute atomic E-state index is 0.119. The first-order valence-corrected chi connectivity index (χ1v) is 13.1. The Morgan fingerprint density at radius 1 is 1.00 bits per heavy atom. The lowest BCUT2D eigenvalue weighted by molar-refractivity contribution is -0.143. The number of aromatic amines is 1. The minimum atomic E-state index is -0.215. The molecule has 0 unspecified atom stereocenters. The number of likely N-dealkylation sites (N-methyl/N-ethyl adjacent to an activating group) is 1. The number of H-pyrrole nitrogens is 1. The molecule has 0 bridgehead atoms. The van der Waals surface area contributed by atoms with Crippen LogP contribution in [0.3, 0.4) is 0 Å². The average Bonchev–Trinajstić information content (AvgIpc) is 3.25. The SMILES string of the molecule is CCCCC(=O)N1CCc2c([nH]c3ccccc23)C12CCC(Cc1ccccc1)(N(C)C)CC2. The standard InChI is InChI=1S/C30H39N3O/c1-4-5-15-27(34)33-21-16-25-24-13-9-10-14-26(24)31-28(25)30(33)19-17-29(18-20-30,32(2)3)22-23-11-7-6-8-12-23/h6-14,31H,4-5,15-22H2,1-3H3. The lowest BCUT2D eigenvalue weighted by Crippen LogP contribution is -2.59. The third kappa shape index (κ3) is 3.86. The van der Waals surface area contributed by atoms with Gasteiger partial charge >= 0.3 is 0 Å². The van der Waals surface area contributed by atoms with Gasteiger partial charge in [-0.05, 0) is 76.2 Å². The first-order chi connectivity index (χ1) is 16.5. The Bertz CT molecular complexity index is 1140. The zero-order valence-electron chi connectivity index (χ0n) is 21.1. The number of para-hydroxylation sites is 1. The highest BCUT2D eigenvalue weighted by molar-refractivity contribution is 5.86. The predicted octanol–water partition coefficient (Wildman–Crippen LogP) is 6.06. The van der Waals surface area contributed by atoms with E-state index in [9.17, 15) is 4.79 Å². The topological polar surface area (TPSA) is 39.3 Å². The molecule has 1 N–H and O–H groups in total. The summed E-state index contributed by atoms with van der Waals surface area (Å²) >= 11 is 0. The van der Waals surface area contributed by atoms with E-state index in [1.165, 1.54) is 27.7 Å². The third-order valence-corrected chi connectivity index (χ3v) is 8.76. The molecule has 1 aliphatic carbocycles. The van der Waals surface area contributed by atoms with Crippen LogP contribution in [-0.2, 0) is 23.2 Å². The molecular weight excluding hydrogens is 418 g/mol. The van der Waals surface area contributed by atoms with Crippen LogP contribution in [0.4, 0.5) is 0 Å².